The van der Waals surface area contributed by atoms with Crippen molar-refractivity contribution in [2.45, 2.75) is 61.5 Å². The maximum Gasteiger partial charge on any atom is 0.371 e. The highest BCUT2D eigenvalue weighted by Gasteiger charge is 2.57. The van der Waals surface area contributed by atoms with Crippen LogP contribution >= 0.6 is 19.2 Å². The normalized spacial score (nSPS) is 26.9. The van der Waals surface area contributed by atoms with E-state index in [-0.39, 0.29) is 11.3 Å². The van der Waals surface area contributed by atoms with Crippen molar-refractivity contribution in [3.63, 3.8) is 0 Å². The molecule has 3 heterocycles. The number of anilines is 1. The molecule has 4 rings (SSSR count). The van der Waals surface area contributed by atoms with Crippen molar-refractivity contribution < 1.29 is 48.7 Å². The third-order valence-electron chi connectivity index (χ3n) is 6.49. The molecule has 16 heteroatoms. The summed E-state index contributed by atoms with van der Waals surface area (Å²) >= 11 is 6.14. The summed E-state index contributed by atoms with van der Waals surface area (Å²) < 4.78 is 28.9. The average Bonchev–Trinajstić information content (AvgIpc) is 3.52. The van der Waals surface area contributed by atoms with Crippen LogP contribution < -0.4 is 5.32 Å². The second-order valence-electron chi connectivity index (χ2n) is 8.86. The molecule has 1 saturated carbocycles. The number of ether oxygens (including phenoxy) is 3. The largest absolute Gasteiger partial charge is 0.479 e. The maximum atomic E-state index is 11.9. The molecule has 2 aromatic heterocycles. The zero-order chi connectivity index (χ0) is 26.3. The van der Waals surface area contributed by atoms with Gasteiger partial charge in [-0.1, -0.05) is 12.8 Å². The van der Waals surface area contributed by atoms with E-state index in [2.05, 4.69) is 20.1 Å². The van der Waals surface area contributed by atoms with Gasteiger partial charge < -0.3 is 44.6 Å². The van der Waals surface area contributed by atoms with Gasteiger partial charge in [0, 0.05) is 13.2 Å². The fourth-order valence-corrected chi connectivity index (χ4v) is 5.53. The molecule has 1 aliphatic carbocycles. The van der Waals surface area contributed by atoms with Crippen molar-refractivity contribution in [3.05, 3.63) is 23.1 Å². The van der Waals surface area contributed by atoms with Crippen LogP contribution in [0, 0.1) is 0 Å². The summed E-state index contributed by atoms with van der Waals surface area (Å²) in [6, 6.07) is 3.56. The molecule has 200 valence electrons. The van der Waals surface area contributed by atoms with E-state index in [4.69, 9.17) is 21.1 Å². The minimum atomic E-state index is -5.38. The van der Waals surface area contributed by atoms with Crippen LogP contribution in [0.3, 0.4) is 0 Å². The molecule has 0 radical (unpaired) electrons. The summed E-state index contributed by atoms with van der Waals surface area (Å²) in [6.07, 6.45) is -1.32. The van der Waals surface area contributed by atoms with Crippen LogP contribution in [0.15, 0.2) is 12.1 Å². The Kier molecular flexibility index (Phi) is 7.91. The SMILES string of the molecule is COC[C@@](OC[C@H]1O[C@@H](c2ccc3c(NC4CCCC4)nc(Cl)nn23)[C@H](O)[C@@H]1O)(C(=O)O)P(=O)(O)O. The summed E-state index contributed by atoms with van der Waals surface area (Å²) in [4.78, 5) is 35.2. The molecule has 2 fully saturated rings. The number of carboxylic acids is 1. The van der Waals surface area contributed by atoms with Crippen LogP contribution in [0.5, 0.6) is 0 Å². The number of aliphatic carboxylic acids is 1. The van der Waals surface area contributed by atoms with Gasteiger partial charge in [0.05, 0.1) is 18.9 Å². The number of nitrogens with one attached hydrogen (secondary N) is 1. The van der Waals surface area contributed by atoms with Gasteiger partial charge in [0.15, 0.2) is 5.82 Å². The van der Waals surface area contributed by atoms with Crippen molar-refractivity contribution in [1.29, 1.82) is 0 Å². The first-order valence-corrected chi connectivity index (χ1v) is 13.2. The van der Waals surface area contributed by atoms with Gasteiger partial charge in [-0.2, -0.15) is 4.98 Å². The average molecular weight is 551 g/mol. The van der Waals surface area contributed by atoms with Crippen molar-refractivity contribution in [2.75, 3.05) is 25.6 Å². The lowest BCUT2D eigenvalue weighted by atomic mass is 10.1. The molecule has 1 aliphatic heterocycles. The lowest BCUT2D eigenvalue weighted by Gasteiger charge is -2.30. The third-order valence-corrected chi connectivity index (χ3v) is 8.05. The number of aliphatic hydroxyl groups excluding tert-OH is 2. The predicted octanol–water partition coefficient (Wildman–Crippen LogP) is 0.520. The number of carbonyl (C=O) groups is 1. The third kappa shape index (κ3) is 4.97. The lowest BCUT2D eigenvalue weighted by molar-refractivity contribution is -0.168. The van der Waals surface area contributed by atoms with E-state index in [0.29, 0.717) is 17.0 Å². The van der Waals surface area contributed by atoms with E-state index in [1.807, 2.05) is 0 Å². The Labute approximate surface area is 210 Å². The second kappa shape index (κ2) is 10.5. The van der Waals surface area contributed by atoms with E-state index in [9.17, 15) is 34.5 Å². The number of aliphatic hydroxyl groups is 2. The summed E-state index contributed by atoms with van der Waals surface area (Å²) in [5.41, 5.74) is 0.895. The first kappa shape index (κ1) is 27.2. The zero-order valence-electron chi connectivity index (χ0n) is 19.2. The fraction of sp³-hybridized carbons (Fsp3) is 0.650. The van der Waals surface area contributed by atoms with E-state index in [0.717, 1.165) is 32.8 Å². The molecular weight excluding hydrogens is 523 g/mol. The van der Waals surface area contributed by atoms with Crippen LogP contribution in [0.4, 0.5) is 5.82 Å². The molecule has 5 atom stereocenters. The summed E-state index contributed by atoms with van der Waals surface area (Å²) in [6.45, 7) is -1.72. The van der Waals surface area contributed by atoms with E-state index in [1.54, 1.807) is 12.1 Å². The van der Waals surface area contributed by atoms with Crippen LogP contribution in [0.2, 0.25) is 5.28 Å². The first-order chi connectivity index (χ1) is 17.0. The van der Waals surface area contributed by atoms with E-state index < -0.39 is 56.5 Å². The summed E-state index contributed by atoms with van der Waals surface area (Å²) in [5.74, 6) is -1.44. The standard InChI is InChI=1S/C20H28ClN4O10P/c1-33-9-20(18(28)29,36(30,31)32)34-8-13-14(26)15(27)16(35-13)11-6-7-12-17(22-10-4-2-3-5-10)23-19(21)24-25(11)12/h6-7,10,13-16,26-27H,2-5,8-9H2,1H3,(H,28,29)(H,22,23,24)(H2,30,31,32)/t13-,14-,15-,16+,20+/m1/s1. The zero-order valence-corrected chi connectivity index (χ0v) is 20.9. The molecular formula is C20H28ClN4O10P. The van der Waals surface area contributed by atoms with Gasteiger partial charge in [-0.3, -0.25) is 4.57 Å². The molecule has 0 unspecified atom stereocenters. The molecule has 6 N–H and O–H groups in total. The molecule has 14 nitrogen and oxygen atoms in total. The van der Waals surface area contributed by atoms with Gasteiger partial charge in [-0.25, -0.2) is 9.31 Å². The predicted molar refractivity (Wildman–Crippen MR) is 124 cm³/mol. The lowest BCUT2D eigenvalue weighted by Crippen LogP contribution is -2.48. The van der Waals surface area contributed by atoms with Crippen molar-refractivity contribution in [1.82, 2.24) is 14.6 Å². The van der Waals surface area contributed by atoms with Gasteiger partial charge in [-0.05, 0) is 36.6 Å². The molecule has 2 aliphatic rings. The quantitative estimate of drug-likeness (QED) is 0.223. The van der Waals surface area contributed by atoms with Crippen LogP contribution in [0.1, 0.15) is 37.5 Å². The number of hydrogen-bond acceptors (Lipinski definition) is 10. The van der Waals surface area contributed by atoms with E-state index >= 15 is 0 Å². The summed E-state index contributed by atoms with van der Waals surface area (Å²) in [7, 11) is -4.33. The van der Waals surface area contributed by atoms with Gasteiger partial charge in [-0.15, -0.1) is 5.10 Å². The Hall–Kier alpha value is -1.87. The Morgan fingerprint density at radius 1 is 1.31 bits per heavy atom. The number of methoxy groups -OCH3 is 1. The topological polar surface area (TPSA) is 205 Å². The van der Waals surface area contributed by atoms with Crippen LogP contribution in [-0.2, 0) is 23.6 Å². The molecule has 0 aromatic carbocycles. The van der Waals surface area contributed by atoms with Gasteiger partial charge >= 0.3 is 13.6 Å². The highest BCUT2D eigenvalue weighted by molar-refractivity contribution is 7.54. The smallest absolute Gasteiger partial charge is 0.371 e. The van der Waals surface area contributed by atoms with Crippen molar-refractivity contribution in [3.8, 4) is 0 Å². The van der Waals surface area contributed by atoms with Crippen LogP contribution in [0.25, 0.3) is 5.52 Å². The monoisotopic (exact) mass is 550 g/mol. The minimum Gasteiger partial charge on any atom is -0.479 e. The van der Waals surface area contributed by atoms with Crippen molar-refractivity contribution in [2.24, 2.45) is 0 Å². The number of nitrogens with zero attached hydrogens (tertiary/aromatic N) is 3. The molecule has 2 aromatic rings. The Bertz CT molecular complexity index is 1150. The van der Waals surface area contributed by atoms with Gasteiger partial charge in [0.2, 0.25) is 5.28 Å². The summed E-state index contributed by atoms with van der Waals surface area (Å²) in [5, 5.41) is 35.2. The fourth-order valence-electron chi connectivity index (χ4n) is 4.58. The van der Waals surface area contributed by atoms with E-state index in [1.165, 1.54) is 4.52 Å². The minimum absolute atomic E-state index is 0.0548. The number of fused-ring (bicyclic) bond motifs is 1. The Morgan fingerprint density at radius 2 is 2.00 bits per heavy atom. The molecule has 0 bridgehead atoms. The molecule has 36 heavy (non-hydrogen) atoms. The van der Waals surface area contributed by atoms with Gasteiger partial charge in [0.1, 0.15) is 29.9 Å². The Morgan fingerprint density at radius 3 is 2.61 bits per heavy atom. The van der Waals surface area contributed by atoms with Crippen molar-refractivity contribution >= 4 is 36.5 Å². The maximum absolute atomic E-state index is 11.9. The highest BCUT2D eigenvalue weighted by Crippen LogP contribution is 2.52. The number of hydrogen-bond donors (Lipinski definition) is 6. The molecule has 0 amide bonds. The number of rotatable bonds is 10. The number of halogens is 1. The highest BCUT2D eigenvalue weighted by atomic mass is 35.5. The first-order valence-electron chi connectivity index (χ1n) is 11.2. The molecule has 1 saturated heterocycles. The Balaban J connectivity index is 1.57. The second-order valence-corrected chi connectivity index (χ2v) is 11.0. The van der Waals surface area contributed by atoms with Crippen LogP contribution in [-0.4, -0.2) is 95.7 Å². The van der Waals surface area contributed by atoms with Gasteiger partial charge in [0.25, 0.3) is 5.34 Å². The number of aromatic nitrogens is 3. The molecule has 0 spiro atoms. The number of carboxylic acid groups (broad SMARTS) is 1.